The third-order valence-corrected chi connectivity index (χ3v) is 7.42. The number of para-hydroxylation sites is 2. The van der Waals surface area contributed by atoms with Gasteiger partial charge in [-0.25, -0.2) is 0 Å². The van der Waals surface area contributed by atoms with Crippen LogP contribution in [0.5, 0.6) is 0 Å². The number of benzene rings is 2. The van der Waals surface area contributed by atoms with E-state index in [0.717, 1.165) is 30.6 Å². The first-order valence-corrected chi connectivity index (χ1v) is 11.2. The number of nitrogens with zero attached hydrogens (tertiary/aromatic N) is 1. The van der Waals surface area contributed by atoms with Gasteiger partial charge in [0.05, 0.1) is 0 Å². The number of ketones is 1. The van der Waals surface area contributed by atoms with Gasteiger partial charge < -0.3 is 9.64 Å². The topological polar surface area (TPSA) is 46.6 Å². The second-order valence-corrected chi connectivity index (χ2v) is 9.54. The molecule has 0 atom stereocenters. The molecule has 156 valence electrons. The van der Waals surface area contributed by atoms with Crippen molar-refractivity contribution in [3.05, 3.63) is 60.7 Å². The molecule has 0 saturated heterocycles. The summed E-state index contributed by atoms with van der Waals surface area (Å²) >= 11 is 0. The molecule has 0 amide bonds. The Morgan fingerprint density at radius 2 is 1.27 bits per heavy atom. The first kappa shape index (κ1) is 19.3. The Hall–Kier alpha value is -2.62. The fourth-order valence-corrected chi connectivity index (χ4v) is 6.47. The Morgan fingerprint density at radius 1 is 0.800 bits per heavy atom. The standard InChI is InChI=1S/C26H29NO3/c28-24(26-14-19-11-20(15-26)13-21(12-19)16-26)18-30-25(29)17-27(22-7-3-1-4-8-22)23-9-5-2-6-10-23/h1-10,19-21H,11-18H2. The van der Waals surface area contributed by atoms with Crippen molar-refractivity contribution in [1.29, 1.82) is 0 Å². The highest BCUT2D eigenvalue weighted by molar-refractivity contribution is 5.89. The number of esters is 1. The fourth-order valence-electron chi connectivity index (χ4n) is 6.47. The maximum atomic E-state index is 13.1. The molecule has 0 unspecified atom stereocenters. The quantitative estimate of drug-likeness (QED) is 0.600. The zero-order valence-corrected chi connectivity index (χ0v) is 17.3. The molecule has 0 spiro atoms. The molecule has 4 saturated carbocycles. The number of carbonyl (C=O) groups is 2. The van der Waals surface area contributed by atoms with Crippen LogP contribution in [0.15, 0.2) is 60.7 Å². The maximum Gasteiger partial charge on any atom is 0.326 e. The Kier molecular flexibility index (Phi) is 5.10. The summed E-state index contributed by atoms with van der Waals surface area (Å²) in [6.07, 6.45) is 6.93. The molecule has 0 N–H and O–H groups in total. The number of anilines is 2. The van der Waals surface area contributed by atoms with E-state index in [1.165, 1.54) is 19.3 Å². The van der Waals surface area contributed by atoms with Gasteiger partial charge in [0.1, 0.15) is 6.54 Å². The van der Waals surface area contributed by atoms with Crippen molar-refractivity contribution in [3.8, 4) is 0 Å². The molecule has 6 rings (SSSR count). The van der Waals surface area contributed by atoms with Crippen molar-refractivity contribution in [2.45, 2.75) is 38.5 Å². The van der Waals surface area contributed by atoms with Crippen molar-refractivity contribution < 1.29 is 14.3 Å². The number of Topliss-reactive ketones (excluding diaryl/α,β-unsaturated/α-hetero) is 1. The van der Waals surface area contributed by atoms with Crippen molar-refractivity contribution in [2.24, 2.45) is 23.2 Å². The molecule has 0 radical (unpaired) electrons. The molecule has 2 aromatic rings. The highest BCUT2D eigenvalue weighted by atomic mass is 16.5. The van der Waals surface area contributed by atoms with Crippen LogP contribution >= 0.6 is 0 Å². The summed E-state index contributed by atoms with van der Waals surface area (Å²) in [7, 11) is 0. The Morgan fingerprint density at radius 3 is 1.73 bits per heavy atom. The van der Waals surface area contributed by atoms with Gasteiger partial charge in [0.15, 0.2) is 12.4 Å². The number of ether oxygens (including phenoxy) is 1. The summed E-state index contributed by atoms with van der Waals surface area (Å²) in [4.78, 5) is 27.8. The Bertz CT molecular complexity index is 834. The normalized spacial score (nSPS) is 28.9. The van der Waals surface area contributed by atoms with Gasteiger partial charge >= 0.3 is 5.97 Å². The van der Waals surface area contributed by atoms with Crippen molar-refractivity contribution in [2.75, 3.05) is 18.1 Å². The van der Waals surface area contributed by atoms with E-state index in [1.807, 2.05) is 65.6 Å². The van der Waals surface area contributed by atoms with Crippen molar-refractivity contribution in [1.82, 2.24) is 0 Å². The van der Waals surface area contributed by atoms with E-state index in [9.17, 15) is 9.59 Å². The van der Waals surface area contributed by atoms with Crippen LogP contribution in [0.4, 0.5) is 11.4 Å². The van der Waals surface area contributed by atoms with Gasteiger partial charge in [-0.05, 0) is 80.5 Å². The van der Waals surface area contributed by atoms with Crippen LogP contribution in [0, 0.1) is 23.2 Å². The molecule has 4 nitrogen and oxygen atoms in total. The van der Waals surface area contributed by atoms with Crippen molar-refractivity contribution >= 4 is 23.1 Å². The molecule has 2 aromatic carbocycles. The minimum Gasteiger partial charge on any atom is -0.456 e. The molecular weight excluding hydrogens is 374 g/mol. The predicted octanol–water partition coefficient (Wildman–Crippen LogP) is 5.15. The molecular formula is C26H29NO3. The number of rotatable bonds is 7. The Labute approximate surface area is 178 Å². The lowest BCUT2D eigenvalue weighted by molar-refractivity contribution is -0.156. The summed E-state index contributed by atoms with van der Waals surface area (Å²) in [5.74, 6) is 1.93. The lowest BCUT2D eigenvalue weighted by Gasteiger charge is -2.55. The van der Waals surface area contributed by atoms with E-state index in [2.05, 4.69) is 0 Å². The minimum absolute atomic E-state index is 0.0809. The van der Waals surface area contributed by atoms with Crippen LogP contribution in [0.1, 0.15) is 38.5 Å². The van der Waals surface area contributed by atoms with Gasteiger partial charge in [0.25, 0.3) is 0 Å². The average Bonchev–Trinajstić information content (AvgIpc) is 2.76. The summed E-state index contributed by atoms with van der Waals surface area (Å²) in [6.45, 7) is 0.00456. The summed E-state index contributed by atoms with van der Waals surface area (Å²) in [5.41, 5.74) is 1.63. The van der Waals surface area contributed by atoms with Crippen molar-refractivity contribution in [3.63, 3.8) is 0 Å². The lowest BCUT2D eigenvalue weighted by Crippen LogP contribution is -2.51. The minimum atomic E-state index is -0.360. The zero-order chi connectivity index (χ0) is 20.6. The molecule has 30 heavy (non-hydrogen) atoms. The molecule has 4 fully saturated rings. The van der Waals surface area contributed by atoms with Gasteiger partial charge in [0.2, 0.25) is 0 Å². The monoisotopic (exact) mass is 403 g/mol. The second-order valence-electron chi connectivity index (χ2n) is 9.54. The van der Waals surface area contributed by atoms with E-state index >= 15 is 0 Å². The summed E-state index contributed by atoms with van der Waals surface area (Å²) in [5, 5.41) is 0. The molecule has 4 aliphatic rings. The number of carbonyl (C=O) groups excluding carboxylic acids is 2. The third kappa shape index (κ3) is 3.76. The van der Waals surface area contributed by atoms with Gasteiger partial charge in [-0.2, -0.15) is 0 Å². The third-order valence-electron chi connectivity index (χ3n) is 7.42. The van der Waals surface area contributed by atoms with Gasteiger partial charge in [-0.15, -0.1) is 0 Å². The van der Waals surface area contributed by atoms with E-state index in [4.69, 9.17) is 4.74 Å². The van der Waals surface area contributed by atoms with E-state index in [0.29, 0.717) is 17.8 Å². The van der Waals surface area contributed by atoms with Crippen LogP contribution in [-0.2, 0) is 14.3 Å². The highest BCUT2D eigenvalue weighted by Crippen LogP contribution is 2.60. The van der Waals surface area contributed by atoms with Gasteiger partial charge in [-0.1, -0.05) is 36.4 Å². The molecule has 4 aliphatic carbocycles. The van der Waals surface area contributed by atoms with E-state index in [1.54, 1.807) is 0 Å². The molecule has 0 aliphatic heterocycles. The molecule has 4 heteroatoms. The number of hydrogen-bond acceptors (Lipinski definition) is 4. The Balaban J connectivity index is 1.24. The van der Waals surface area contributed by atoms with E-state index in [-0.39, 0.29) is 30.3 Å². The lowest BCUT2D eigenvalue weighted by atomic mass is 9.48. The SMILES string of the molecule is O=C(CN(c1ccccc1)c1ccccc1)OCC(=O)C12CC3CC(CC(C3)C1)C2. The van der Waals surface area contributed by atoms with Gasteiger partial charge in [-0.3, -0.25) is 9.59 Å². The van der Waals surface area contributed by atoms with Crippen LogP contribution in [0.25, 0.3) is 0 Å². The molecule has 0 aromatic heterocycles. The zero-order valence-electron chi connectivity index (χ0n) is 17.3. The van der Waals surface area contributed by atoms with Crippen LogP contribution in [-0.4, -0.2) is 24.9 Å². The first-order chi connectivity index (χ1) is 14.6. The van der Waals surface area contributed by atoms with Gasteiger partial charge in [0, 0.05) is 16.8 Å². The van der Waals surface area contributed by atoms with Crippen LogP contribution in [0.2, 0.25) is 0 Å². The average molecular weight is 404 g/mol. The largest absolute Gasteiger partial charge is 0.456 e. The number of hydrogen-bond donors (Lipinski definition) is 0. The van der Waals surface area contributed by atoms with Crippen LogP contribution in [0.3, 0.4) is 0 Å². The molecule has 4 bridgehead atoms. The first-order valence-electron chi connectivity index (χ1n) is 11.2. The summed E-state index contributed by atoms with van der Waals surface area (Å²) in [6, 6.07) is 19.6. The van der Waals surface area contributed by atoms with Crippen LogP contribution < -0.4 is 4.90 Å². The highest BCUT2D eigenvalue weighted by Gasteiger charge is 2.54. The second kappa shape index (κ2) is 7.90. The molecule has 0 heterocycles. The summed E-state index contributed by atoms with van der Waals surface area (Å²) < 4.78 is 5.54. The fraction of sp³-hybridized carbons (Fsp3) is 0.462. The smallest absolute Gasteiger partial charge is 0.326 e. The maximum absolute atomic E-state index is 13.1. The predicted molar refractivity (Wildman–Crippen MR) is 116 cm³/mol. The van der Waals surface area contributed by atoms with E-state index < -0.39 is 0 Å².